The molecule has 1 saturated heterocycles. The van der Waals surface area contributed by atoms with Gasteiger partial charge in [-0.05, 0) is 19.8 Å². The van der Waals surface area contributed by atoms with Crippen molar-refractivity contribution >= 4 is 11.8 Å². The van der Waals surface area contributed by atoms with Gasteiger partial charge in [0.05, 0.1) is 0 Å². The Morgan fingerprint density at radius 1 is 1.25 bits per heavy atom. The molecule has 1 aliphatic rings. The Bertz CT molecular complexity index is 355. The summed E-state index contributed by atoms with van der Waals surface area (Å²) in [4.78, 5) is 24.9. The quantitative estimate of drug-likeness (QED) is 0.572. The normalized spacial score (nSPS) is 21.6. The number of amides is 2. The molecule has 0 aromatic rings. The minimum atomic E-state index is -0.249. The van der Waals surface area contributed by atoms with E-state index in [0.29, 0.717) is 17.6 Å². The SMILES string of the molecule is C/C=C1/C(=O)N(CCCO)C(=O)/C1=C/CC. The lowest BCUT2D eigenvalue weighted by Gasteiger charge is -2.11. The van der Waals surface area contributed by atoms with E-state index in [1.807, 2.05) is 6.92 Å². The summed E-state index contributed by atoms with van der Waals surface area (Å²) in [5, 5.41) is 8.71. The number of aliphatic hydroxyl groups is 1. The Morgan fingerprint density at radius 2 is 1.88 bits per heavy atom. The van der Waals surface area contributed by atoms with Gasteiger partial charge in [0.2, 0.25) is 0 Å². The largest absolute Gasteiger partial charge is 0.396 e. The predicted molar refractivity (Wildman–Crippen MR) is 60.6 cm³/mol. The summed E-state index contributed by atoms with van der Waals surface area (Å²) in [5.74, 6) is -0.492. The number of allylic oxidation sites excluding steroid dienone is 2. The number of aliphatic hydroxyl groups excluding tert-OH is 1. The second kappa shape index (κ2) is 5.61. The average molecular weight is 223 g/mol. The van der Waals surface area contributed by atoms with Crippen LogP contribution in [0, 0.1) is 0 Å². The van der Waals surface area contributed by atoms with E-state index in [2.05, 4.69) is 0 Å². The lowest BCUT2D eigenvalue weighted by atomic mass is 10.1. The molecule has 16 heavy (non-hydrogen) atoms. The van der Waals surface area contributed by atoms with Crippen molar-refractivity contribution in [3.63, 3.8) is 0 Å². The Labute approximate surface area is 95.2 Å². The van der Waals surface area contributed by atoms with E-state index >= 15 is 0 Å². The number of imide groups is 1. The van der Waals surface area contributed by atoms with Gasteiger partial charge in [-0.2, -0.15) is 0 Å². The third kappa shape index (κ3) is 2.22. The fraction of sp³-hybridized carbons (Fsp3) is 0.500. The summed E-state index contributed by atoms with van der Waals surface area (Å²) < 4.78 is 0. The molecule has 0 aromatic carbocycles. The van der Waals surface area contributed by atoms with E-state index in [-0.39, 0.29) is 25.0 Å². The zero-order valence-electron chi connectivity index (χ0n) is 9.69. The van der Waals surface area contributed by atoms with Crippen LogP contribution >= 0.6 is 0 Å². The standard InChI is InChI=1S/C12H17NO3/c1-3-6-10-9(4-2)11(15)13(12(10)16)7-5-8-14/h4,6,14H,3,5,7-8H2,1-2H3/b9-4+,10-6+. The van der Waals surface area contributed by atoms with Crippen molar-refractivity contribution < 1.29 is 14.7 Å². The second-order valence-electron chi connectivity index (χ2n) is 3.57. The molecule has 0 saturated carbocycles. The molecule has 0 bridgehead atoms. The van der Waals surface area contributed by atoms with Gasteiger partial charge in [-0.15, -0.1) is 0 Å². The van der Waals surface area contributed by atoms with Crippen LogP contribution in [0.4, 0.5) is 0 Å². The van der Waals surface area contributed by atoms with E-state index in [4.69, 9.17) is 5.11 Å². The molecular weight excluding hydrogens is 206 g/mol. The van der Waals surface area contributed by atoms with Crippen LogP contribution in [0.1, 0.15) is 26.7 Å². The van der Waals surface area contributed by atoms with Crippen LogP contribution in [0.25, 0.3) is 0 Å². The fourth-order valence-corrected chi connectivity index (χ4v) is 1.73. The van der Waals surface area contributed by atoms with Gasteiger partial charge in [0.1, 0.15) is 0 Å². The van der Waals surface area contributed by atoms with Crippen molar-refractivity contribution in [3.05, 3.63) is 23.3 Å². The third-order valence-corrected chi connectivity index (χ3v) is 2.48. The van der Waals surface area contributed by atoms with Crippen LogP contribution in [0.2, 0.25) is 0 Å². The molecule has 4 nitrogen and oxygen atoms in total. The summed E-state index contributed by atoms with van der Waals surface area (Å²) in [7, 11) is 0. The molecule has 4 heteroatoms. The van der Waals surface area contributed by atoms with Crippen molar-refractivity contribution in [2.75, 3.05) is 13.2 Å². The van der Waals surface area contributed by atoms with E-state index in [0.717, 1.165) is 6.42 Å². The first-order valence-electron chi connectivity index (χ1n) is 5.51. The summed E-state index contributed by atoms with van der Waals surface area (Å²) in [6.45, 7) is 3.94. The fourth-order valence-electron chi connectivity index (χ4n) is 1.73. The number of likely N-dealkylation sites (tertiary alicyclic amines) is 1. The number of carbonyl (C=O) groups excluding carboxylic acids is 2. The minimum Gasteiger partial charge on any atom is -0.396 e. The van der Waals surface area contributed by atoms with Crippen molar-refractivity contribution in [1.29, 1.82) is 0 Å². The molecule has 1 N–H and O–H groups in total. The van der Waals surface area contributed by atoms with Gasteiger partial charge < -0.3 is 5.11 Å². The van der Waals surface area contributed by atoms with Crippen LogP contribution in [0.5, 0.6) is 0 Å². The molecule has 1 heterocycles. The maximum atomic E-state index is 11.9. The van der Waals surface area contributed by atoms with E-state index < -0.39 is 0 Å². The van der Waals surface area contributed by atoms with Crippen molar-refractivity contribution in [1.82, 2.24) is 4.90 Å². The highest BCUT2D eigenvalue weighted by atomic mass is 16.3. The molecule has 0 aromatic heterocycles. The van der Waals surface area contributed by atoms with Gasteiger partial charge >= 0.3 is 0 Å². The first-order chi connectivity index (χ1) is 7.67. The second-order valence-corrected chi connectivity index (χ2v) is 3.57. The van der Waals surface area contributed by atoms with Gasteiger partial charge in [-0.3, -0.25) is 14.5 Å². The molecule has 1 aliphatic heterocycles. The summed E-state index contributed by atoms with van der Waals surface area (Å²) in [5.41, 5.74) is 0.970. The van der Waals surface area contributed by atoms with Gasteiger partial charge in [-0.1, -0.05) is 19.1 Å². The Morgan fingerprint density at radius 3 is 2.38 bits per heavy atom. The minimum absolute atomic E-state index is 0.0188. The maximum absolute atomic E-state index is 11.9. The molecule has 88 valence electrons. The van der Waals surface area contributed by atoms with Gasteiger partial charge in [-0.25, -0.2) is 0 Å². The molecule has 0 spiro atoms. The van der Waals surface area contributed by atoms with E-state index in [1.54, 1.807) is 19.1 Å². The molecule has 1 fully saturated rings. The summed E-state index contributed by atoms with van der Waals surface area (Å²) in [6, 6.07) is 0. The summed E-state index contributed by atoms with van der Waals surface area (Å²) >= 11 is 0. The highest BCUT2D eigenvalue weighted by Crippen LogP contribution is 2.25. The number of carbonyl (C=O) groups is 2. The molecule has 0 aliphatic carbocycles. The highest BCUT2D eigenvalue weighted by molar-refractivity contribution is 6.24. The average Bonchev–Trinajstić information content (AvgIpc) is 2.50. The molecule has 0 atom stereocenters. The van der Waals surface area contributed by atoms with E-state index in [9.17, 15) is 9.59 Å². The first kappa shape index (κ1) is 12.6. The maximum Gasteiger partial charge on any atom is 0.261 e. The highest BCUT2D eigenvalue weighted by Gasteiger charge is 2.37. The Kier molecular flexibility index (Phi) is 4.43. The first-order valence-corrected chi connectivity index (χ1v) is 5.51. The number of hydrogen-bond acceptors (Lipinski definition) is 3. The van der Waals surface area contributed by atoms with Crippen LogP contribution in [0.3, 0.4) is 0 Å². The van der Waals surface area contributed by atoms with Gasteiger partial charge in [0.25, 0.3) is 11.8 Å². The third-order valence-electron chi connectivity index (χ3n) is 2.48. The Hall–Kier alpha value is -1.42. The Balaban J connectivity index is 2.97. The lowest BCUT2D eigenvalue weighted by Crippen LogP contribution is -2.31. The molecule has 2 amide bonds. The molecule has 0 unspecified atom stereocenters. The number of rotatable bonds is 4. The van der Waals surface area contributed by atoms with Crippen LogP contribution in [-0.4, -0.2) is 35.0 Å². The smallest absolute Gasteiger partial charge is 0.261 e. The number of hydrogen-bond donors (Lipinski definition) is 1. The zero-order chi connectivity index (χ0) is 12.1. The van der Waals surface area contributed by atoms with Gasteiger partial charge in [0.15, 0.2) is 0 Å². The van der Waals surface area contributed by atoms with Crippen molar-refractivity contribution in [2.45, 2.75) is 26.7 Å². The molecule has 0 radical (unpaired) electrons. The van der Waals surface area contributed by atoms with Crippen molar-refractivity contribution in [3.8, 4) is 0 Å². The van der Waals surface area contributed by atoms with Crippen LogP contribution in [0.15, 0.2) is 23.3 Å². The molecular formula is C12H17NO3. The molecule has 1 rings (SSSR count). The van der Waals surface area contributed by atoms with Gasteiger partial charge in [0, 0.05) is 24.3 Å². The summed E-state index contributed by atoms with van der Waals surface area (Å²) in [6.07, 6.45) is 4.59. The monoisotopic (exact) mass is 223 g/mol. The number of nitrogens with zero attached hydrogens (tertiary/aromatic N) is 1. The van der Waals surface area contributed by atoms with Crippen LogP contribution < -0.4 is 0 Å². The lowest BCUT2D eigenvalue weighted by molar-refractivity contribution is -0.136. The van der Waals surface area contributed by atoms with Crippen LogP contribution in [-0.2, 0) is 9.59 Å². The van der Waals surface area contributed by atoms with E-state index in [1.165, 1.54) is 4.90 Å². The predicted octanol–water partition coefficient (Wildman–Crippen LogP) is 1.02. The van der Waals surface area contributed by atoms with Crippen molar-refractivity contribution in [2.24, 2.45) is 0 Å². The zero-order valence-corrected chi connectivity index (χ0v) is 9.69. The topological polar surface area (TPSA) is 57.6 Å².